The standard InChI is InChI=1S/C13H20N2O2/c1-9-5-7-15(12(17)14-9)11-8-10(16)4-6-13(11,2)3/h5,7,10-11,16H,4,6,8H2,1-3H3. The molecule has 4 nitrogen and oxygen atoms in total. The fraction of sp³-hybridized carbons (Fsp3) is 0.692. The Morgan fingerprint density at radius 3 is 2.88 bits per heavy atom. The first kappa shape index (κ1) is 12.3. The van der Waals surface area contributed by atoms with Gasteiger partial charge in [0.1, 0.15) is 0 Å². The molecule has 0 aromatic carbocycles. The van der Waals surface area contributed by atoms with E-state index in [1.54, 1.807) is 10.8 Å². The minimum atomic E-state index is -0.304. The second kappa shape index (κ2) is 4.26. The van der Waals surface area contributed by atoms with Gasteiger partial charge in [-0.3, -0.25) is 4.57 Å². The van der Waals surface area contributed by atoms with Gasteiger partial charge in [0.25, 0.3) is 0 Å². The first-order valence-corrected chi connectivity index (χ1v) is 6.14. The van der Waals surface area contributed by atoms with Gasteiger partial charge in [-0.05, 0) is 37.7 Å². The summed E-state index contributed by atoms with van der Waals surface area (Å²) in [6.45, 7) is 6.11. The minimum absolute atomic E-state index is 0.0278. The van der Waals surface area contributed by atoms with E-state index in [9.17, 15) is 9.90 Å². The van der Waals surface area contributed by atoms with Gasteiger partial charge in [-0.25, -0.2) is 4.79 Å². The predicted octanol–water partition coefficient (Wildman–Crippen LogP) is 1.66. The highest BCUT2D eigenvalue weighted by molar-refractivity contribution is 5.00. The van der Waals surface area contributed by atoms with Crippen molar-refractivity contribution < 1.29 is 5.11 Å². The number of aromatic nitrogens is 2. The van der Waals surface area contributed by atoms with Gasteiger partial charge in [0.05, 0.1) is 6.10 Å². The van der Waals surface area contributed by atoms with Crippen LogP contribution in [-0.4, -0.2) is 20.8 Å². The molecular weight excluding hydrogens is 216 g/mol. The molecule has 94 valence electrons. The third kappa shape index (κ3) is 2.41. The van der Waals surface area contributed by atoms with E-state index in [1.807, 2.05) is 13.0 Å². The van der Waals surface area contributed by atoms with Gasteiger partial charge >= 0.3 is 5.69 Å². The van der Waals surface area contributed by atoms with Crippen molar-refractivity contribution in [3.05, 3.63) is 28.4 Å². The first-order valence-electron chi connectivity index (χ1n) is 6.14. The van der Waals surface area contributed by atoms with Crippen LogP contribution < -0.4 is 5.69 Å². The summed E-state index contributed by atoms with van der Waals surface area (Å²) in [6, 6.07) is 1.88. The number of aryl methyl sites for hydroxylation is 1. The molecule has 4 heteroatoms. The second-order valence-corrected chi connectivity index (χ2v) is 5.69. The van der Waals surface area contributed by atoms with Crippen LogP contribution in [0.1, 0.15) is 44.8 Å². The molecule has 1 N–H and O–H groups in total. The molecule has 1 fully saturated rings. The largest absolute Gasteiger partial charge is 0.393 e. The summed E-state index contributed by atoms with van der Waals surface area (Å²) in [4.78, 5) is 15.9. The van der Waals surface area contributed by atoms with E-state index >= 15 is 0 Å². The van der Waals surface area contributed by atoms with Gasteiger partial charge in [-0.2, -0.15) is 4.98 Å². The average Bonchev–Trinajstić information content (AvgIpc) is 2.23. The highest BCUT2D eigenvalue weighted by Gasteiger charge is 2.37. The SMILES string of the molecule is Cc1ccn(C2CC(O)CCC2(C)C)c(=O)n1. The zero-order valence-electron chi connectivity index (χ0n) is 10.7. The molecule has 1 aromatic rings. The lowest BCUT2D eigenvalue weighted by Crippen LogP contribution is -2.40. The molecular formula is C13H20N2O2. The maximum Gasteiger partial charge on any atom is 0.348 e. The summed E-state index contributed by atoms with van der Waals surface area (Å²) < 4.78 is 1.68. The van der Waals surface area contributed by atoms with E-state index in [1.165, 1.54) is 0 Å². The highest BCUT2D eigenvalue weighted by Crippen LogP contribution is 2.43. The lowest BCUT2D eigenvalue weighted by atomic mass is 9.72. The molecule has 0 bridgehead atoms. The normalized spacial score (nSPS) is 28.0. The second-order valence-electron chi connectivity index (χ2n) is 5.69. The summed E-state index contributed by atoms with van der Waals surface area (Å²) >= 11 is 0. The van der Waals surface area contributed by atoms with E-state index in [4.69, 9.17) is 0 Å². The minimum Gasteiger partial charge on any atom is -0.393 e. The van der Waals surface area contributed by atoms with Crippen LogP contribution >= 0.6 is 0 Å². The van der Waals surface area contributed by atoms with Crippen molar-refractivity contribution in [2.45, 2.75) is 52.2 Å². The van der Waals surface area contributed by atoms with Crippen LogP contribution in [0.15, 0.2) is 17.1 Å². The van der Waals surface area contributed by atoms with Crippen LogP contribution in [0.5, 0.6) is 0 Å². The molecule has 2 rings (SSSR count). The molecule has 17 heavy (non-hydrogen) atoms. The van der Waals surface area contributed by atoms with E-state index in [0.29, 0.717) is 6.42 Å². The molecule has 1 aliphatic rings. The predicted molar refractivity (Wildman–Crippen MR) is 65.9 cm³/mol. The number of hydrogen-bond donors (Lipinski definition) is 1. The van der Waals surface area contributed by atoms with Gasteiger partial charge in [0.15, 0.2) is 0 Å². The topological polar surface area (TPSA) is 55.1 Å². The number of nitrogens with zero attached hydrogens (tertiary/aromatic N) is 2. The Balaban J connectivity index is 2.40. The summed E-state index contributed by atoms with van der Waals surface area (Å²) in [5, 5.41) is 9.78. The maximum atomic E-state index is 11.9. The van der Waals surface area contributed by atoms with Crippen LogP contribution in [0.4, 0.5) is 0 Å². The first-order chi connectivity index (χ1) is 7.90. The number of aliphatic hydroxyl groups is 1. The Hall–Kier alpha value is -1.16. The third-order valence-corrected chi connectivity index (χ3v) is 3.82. The Kier molecular flexibility index (Phi) is 3.08. The average molecular weight is 236 g/mol. The van der Waals surface area contributed by atoms with Gasteiger partial charge in [0, 0.05) is 17.9 Å². The Morgan fingerprint density at radius 1 is 1.53 bits per heavy atom. The molecule has 0 aliphatic heterocycles. The van der Waals surface area contributed by atoms with E-state index in [2.05, 4.69) is 18.8 Å². The van der Waals surface area contributed by atoms with Gasteiger partial charge in [-0.15, -0.1) is 0 Å². The van der Waals surface area contributed by atoms with E-state index in [-0.39, 0.29) is 23.3 Å². The molecule has 1 saturated carbocycles. The van der Waals surface area contributed by atoms with Crippen LogP contribution in [0, 0.1) is 12.3 Å². The molecule has 0 radical (unpaired) electrons. The molecule has 2 atom stereocenters. The number of rotatable bonds is 1. The summed E-state index contributed by atoms with van der Waals surface area (Å²) in [5.74, 6) is 0. The van der Waals surface area contributed by atoms with Gasteiger partial charge in [0.2, 0.25) is 0 Å². The van der Waals surface area contributed by atoms with Crippen LogP contribution in [0.3, 0.4) is 0 Å². The van der Waals surface area contributed by atoms with Crippen LogP contribution in [-0.2, 0) is 0 Å². The van der Waals surface area contributed by atoms with Crippen LogP contribution in [0.25, 0.3) is 0 Å². The summed E-state index contributed by atoms with van der Waals surface area (Å²) in [7, 11) is 0. The van der Waals surface area contributed by atoms with Crippen molar-refractivity contribution in [1.29, 1.82) is 0 Å². The number of aliphatic hydroxyl groups excluding tert-OH is 1. The molecule has 0 amide bonds. The smallest absolute Gasteiger partial charge is 0.348 e. The molecule has 0 saturated heterocycles. The van der Waals surface area contributed by atoms with Crippen molar-refractivity contribution in [2.24, 2.45) is 5.41 Å². The van der Waals surface area contributed by atoms with Crippen molar-refractivity contribution >= 4 is 0 Å². The van der Waals surface area contributed by atoms with Crippen molar-refractivity contribution in [1.82, 2.24) is 9.55 Å². The van der Waals surface area contributed by atoms with E-state index < -0.39 is 0 Å². The van der Waals surface area contributed by atoms with Crippen molar-refractivity contribution in [2.75, 3.05) is 0 Å². The van der Waals surface area contributed by atoms with E-state index in [0.717, 1.165) is 18.5 Å². The molecule has 0 spiro atoms. The van der Waals surface area contributed by atoms with Crippen molar-refractivity contribution in [3.63, 3.8) is 0 Å². The molecule has 1 heterocycles. The summed E-state index contributed by atoms with van der Waals surface area (Å²) in [6.07, 6.45) is 3.88. The maximum absolute atomic E-state index is 11.9. The Bertz CT molecular complexity index is 465. The number of hydrogen-bond acceptors (Lipinski definition) is 3. The Labute approximate surface area is 101 Å². The molecule has 1 aromatic heterocycles. The quantitative estimate of drug-likeness (QED) is 0.807. The highest BCUT2D eigenvalue weighted by atomic mass is 16.3. The zero-order valence-corrected chi connectivity index (χ0v) is 10.7. The van der Waals surface area contributed by atoms with Crippen molar-refractivity contribution in [3.8, 4) is 0 Å². The lowest BCUT2D eigenvalue weighted by Gasteiger charge is -2.41. The fourth-order valence-electron chi connectivity index (χ4n) is 2.62. The van der Waals surface area contributed by atoms with Crippen LogP contribution in [0.2, 0.25) is 0 Å². The van der Waals surface area contributed by atoms with Gasteiger partial charge < -0.3 is 5.11 Å². The lowest BCUT2D eigenvalue weighted by molar-refractivity contribution is 0.0323. The monoisotopic (exact) mass is 236 g/mol. The summed E-state index contributed by atoms with van der Waals surface area (Å²) in [5.41, 5.74) is 0.553. The zero-order chi connectivity index (χ0) is 12.6. The van der Waals surface area contributed by atoms with Gasteiger partial charge in [-0.1, -0.05) is 13.8 Å². The molecule has 1 aliphatic carbocycles. The fourth-order valence-corrected chi connectivity index (χ4v) is 2.62. The molecule has 2 unspecified atom stereocenters. The third-order valence-electron chi connectivity index (χ3n) is 3.82. The Morgan fingerprint density at radius 2 is 2.24 bits per heavy atom.